The summed E-state index contributed by atoms with van der Waals surface area (Å²) in [6, 6.07) is 12.7. The van der Waals surface area contributed by atoms with Gasteiger partial charge in [0.15, 0.2) is 0 Å². The zero-order valence-corrected chi connectivity index (χ0v) is 15.9. The molecule has 0 bridgehead atoms. The fraction of sp³-hybridized carbons (Fsp3) is 0.381. The van der Waals surface area contributed by atoms with E-state index in [1.165, 1.54) is 0 Å². The van der Waals surface area contributed by atoms with Crippen molar-refractivity contribution in [3.63, 3.8) is 0 Å². The highest BCUT2D eigenvalue weighted by atomic mass is 16.5. The number of aliphatic hydroxyl groups excluding tert-OH is 1. The van der Waals surface area contributed by atoms with Crippen LogP contribution in [0, 0.1) is 6.92 Å². The zero-order chi connectivity index (χ0) is 19.6. The Labute approximate surface area is 159 Å². The van der Waals surface area contributed by atoms with Crippen LogP contribution >= 0.6 is 0 Å². The molecule has 6 nitrogen and oxygen atoms in total. The van der Waals surface area contributed by atoms with Crippen molar-refractivity contribution >= 4 is 11.8 Å². The molecule has 3 rings (SSSR count). The van der Waals surface area contributed by atoms with E-state index in [-0.39, 0.29) is 6.61 Å². The molecule has 0 saturated carbocycles. The van der Waals surface area contributed by atoms with Crippen molar-refractivity contribution in [2.75, 3.05) is 12.3 Å². The molecule has 1 heterocycles. The Kier molecular flexibility index (Phi) is 5.28. The molecule has 1 amide bonds. The Hall–Kier alpha value is -2.73. The molecule has 2 aromatic rings. The fourth-order valence-electron chi connectivity index (χ4n) is 3.23. The summed E-state index contributed by atoms with van der Waals surface area (Å²) >= 11 is 0. The third kappa shape index (κ3) is 4.01. The maximum absolute atomic E-state index is 12.3. The smallest absolute Gasteiger partial charge is 0.407 e. The summed E-state index contributed by atoms with van der Waals surface area (Å²) in [5.74, 6) is 0.597. The molecule has 0 fully saturated rings. The van der Waals surface area contributed by atoms with Gasteiger partial charge in [-0.1, -0.05) is 36.4 Å². The zero-order valence-electron chi connectivity index (χ0n) is 15.9. The van der Waals surface area contributed by atoms with E-state index in [1.54, 1.807) is 26.0 Å². The van der Waals surface area contributed by atoms with E-state index in [2.05, 4.69) is 5.32 Å². The van der Waals surface area contributed by atoms with E-state index in [4.69, 9.17) is 15.2 Å². The Balaban J connectivity index is 1.71. The number of hydrogen-bond acceptors (Lipinski definition) is 5. The van der Waals surface area contributed by atoms with Gasteiger partial charge in [0.1, 0.15) is 17.5 Å². The maximum atomic E-state index is 12.3. The molecular formula is C21H26N2O4. The number of nitrogens with one attached hydrogen (secondary N) is 1. The number of fused-ring (bicyclic) bond motifs is 1. The third-order valence-electron chi connectivity index (χ3n) is 4.95. The number of carbonyl (C=O) groups excluding carboxylic acids is 1. The predicted octanol–water partition coefficient (Wildman–Crippen LogP) is 3.12. The predicted molar refractivity (Wildman–Crippen MR) is 104 cm³/mol. The van der Waals surface area contributed by atoms with Crippen LogP contribution in [0.1, 0.15) is 36.6 Å². The lowest BCUT2D eigenvalue weighted by Gasteiger charge is -2.42. The molecule has 4 N–H and O–H groups in total. The second kappa shape index (κ2) is 7.48. The maximum Gasteiger partial charge on any atom is 0.407 e. The van der Waals surface area contributed by atoms with Gasteiger partial charge >= 0.3 is 6.09 Å². The molecule has 144 valence electrons. The Morgan fingerprint density at radius 3 is 2.67 bits per heavy atom. The van der Waals surface area contributed by atoms with Crippen molar-refractivity contribution in [2.24, 2.45) is 0 Å². The van der Waals surface area contributed by atoms with Gasteiger partial charge in [-0.25, -0.2) is 4.79 Å². The average molecular weight is 370 g/mol. The summed E-state index contributed by atoms with van der Waals surface area (Å²) in [6.07, 6.45) is -0.884. The van der Waals surface area contributed by atoms with Crippen molar-refractivity contribution in [3.8, 4) is 5.75 Å². The number of ether oxygens (including phenoxy) is 2. The van der Waals surface area contributed by atoms with Crippen LogP contribution in [-0.4, -0.2) is 29.5 Å². The number of carbonyl (C=O) groups is 1. The monoisotopic (exact) mass is 370 g/mol. The first-order chi connectivity index (χ1) is 12.8. The molecule has 1 aliphatic heterocycles. The number of alkyl carbamates (subject to hydrolysis) is 1. The van der Waals surface area contributed by atoms with Crippen LogP contribution in [0.4, 0.5) is 10.5 Å². The van der Waals surface area contributed by atoms with Crippen LogP contribution in [0.15, 0.2) is 42.5 Å². The van der Waals surface area contributed by atoms with Gasteiger partial charge in [-0.2, -0.15) is 0 Å². The van der Waals surface area contributed by atoms with Gasteiger partial charge in [-0.05, 0) is 32.4 Å². The van der Waals surface area contributed by atoms with E-state index in [0.717, 1.165) is 11.1 Å². The van der Waals surface area contributed by atoms with E-state index < -0.39 is 23.8 Å². The molecule has 2 aromatic carbocycles. The van der Waals surface area contributed by atoms with E-state index in [9.17, 15) is 9.90 Å². The van der Waals surface area contributed by atoms with Gasteiger partial charge in [0, 0.05) is 23.2 Å². The molecule has 0 radical (unpaired) electrons. The number of amides is 1. The summed E-state index contributed by atoms with van der Waals surface area (Å²) in [5.41, 5.74) is 8.27. The SMILES string of the molecule is Cc1c(N)ccc2c1OC(C)(C)C(O)C2NC(=O)OCCc1ccccc1. The van der Waals surface area contributed by atoms with Gasteiger partial charge in [-0.3, -0.25) is 0 Å². The highest BCUT2D eigenvalue weighted by Crippen LogP contribution is 2.43. The van der Waals surface area contributed by atoms with Crippen molar-refractivity contribution in [1.29, 1.82) is 0 Å². The van der Waals surface area contributed by atoms with E-state index in [0.29, 0.717) is 23.4 Å². The van der Waals surface area contributed by atoms with Crippen LogP contribution < -0.4 is 15.8 Å². The van der Waals surface area contributed by atoms with Crippen molar-refractivity contribution in [2.45, 2.75) is 44.9 Å². The lowest BCUT2D eigenvalue weighted by Crippen LogP contribution is -2.53. The molecule has 1 aliphatic rings. The molecule has 2 atom stereocenters. The lowest BCUT2D eigenvalue weighted by atomic mass is 9.85. The highest BCUT2D eigenvalue weighted by Gasteiger charge is 2.44. The van der Waals surface area contributed by atoms with E-state index >= 15 is 0 Å². The van der Waals surface area contributed by atoms with E-state index in [1.807, 2.05) is 37.3 Å². The quantitative estimate of drug-likeness (QED) is 0.719. The summed E-state index contributed by atoms with van der Waals surface area (Å²) in [7, 11) is 0. The number of rotatable bonds is 4. The first-order valence-corrected chi connectivity index (χ1v) is 9.03. The Morgan fingerprint density at radius 1 is 1.26 bits per heavy atom. The summed E-state index contributed by atoms with van der Waals surface area (Å²) in [6.45, 7) is 5.67. The molecule has 6 heteroatoms. The molecule has 27 heavy (non-hydrogen) atoms. The topological polar surface area (TPSA) is 93.8 Å². The summed E-state index contributed by atoms with van der Waals surface area (Å²) in [5, 5.41) is 13.5. The van der Waals surface area contributed by atoms with Crippen LogP contribution in [0.3, 0.4) is 0 Å². The lowest BCUT2D eigenvalue weighted by molar-refractivity contribution is -0.0640. The van der Waals surface area contributed by atoms with Gasteiger partial charge < -0.3 is 25.6 Å². The number of anilines is 1. The van der Waals surface area contributed by atoms with Gasteiger partial charge in [-0.15, -0.1) is 0 Å². The summed E-state index contributed by atoms with van der Waals surface area (Å²) < 4.78 is 11.3. The minimum atomic E-state index is -0.935. The number of nitrogens with two attached hydrogens (primary N) is 1. The third-order valence-corrected chi connectivity index (χ3v) is 4.95. The first-order valence-electron chi connectivity index (χ1n) is 9.03. The van der Waals surface area contributed by atoms with Crippen LogP contribution in [-0.2, 0) is 11.2 Å². The van der Waals surface area contributed by atoms with Crippen molar-refractivity contribution < 1.29 is 19.4 Å². The number of benzene rings is 2. The highest BCUT2D eigenvalue weighted by molar-refractivity contribution is 5.69. The number of nitrogen functional groups attached to an aromatic ring is 1. The van der Waals surface area contributed by atoms with Crippen LogP contribution in [0.25, 0.3) is 0 Å². The van der Waals surface area contributed by atoms with Gasteiger partial charge in [0.25, 0.3) is 0 Å². The van der Waals surface area contributed by atoms with Gasteiger partial charge in [0.05, 0.1) is 12.6 Å². The Morgan fingerprint density at radius 2 is 1.96 bits per heavy atom. The second-order valence-corrected chi connectivity index (χ2v) is 7.34. The van der Waals surface area contributed by atoms with Crippen molar-refractivity contribution in [1.82, 2.24) is 5.32 Å². The number of aliphatic hydroxyl groups is 1. The standard InChI is InChI=1S/C21H26N2O4/c1-13-16(22)10-9-15-17(19(24)21(2,3)27-18(13)15)23-20(25)26-12-11-14-7-5-4-6-8-14/h4-10,17,19,24H,11-12,22H2,1-3H3,(H,23,25). The molecule has 0 spiro atoms. The van der Waals surface area contributed by atoms with Gasteiger partial charge in [0.2, 0.25) is 0 Å². The van der Waals surface area contributed by atoms with Crippen molar-refractivity contribution in [3.05, 3.63) is 59.2 Å². The van der Waals surface area contributed by atoms with Crippen LogP contribution in [0.2, 0.25) is 0 Å². The average Bonchev–Trinajstić information content (AvgIpc) is 2.63. The minimum absolute atomic E-state index is 0.256. The normalized spacial score (nSPS) is 20.3. The second-order valence-electron chi connectivity index (χ2n) is 7.34. The first kappa shape index (κ1) is 19.0. The molecule has 0 saturated heterocycles. The molecule has 0 aromatic heterocycles. The molecule has 0 aliphatic carbocycles. The largest absolute Gasteiger partial charge is 0.484 e. The number of hydrogen-bond donors (Lipinski definition) is 3. The fourth-order valence-corrected chi connectivity index (χ4v) is 3.23. The minimum Gasteiger partial charge on any atom is -0.484 e. The molecular weight excluding hydrogens is 344 g/mol. The molecule has 2 unspecified atom stereocenters. The Bertz CT molecular complexity index is 820. The summed E-state index contributed by atoms with van der Waals surface area (Å²) in [4.78, 5) is 12.3. The van der Waals surface area contributed by atoms with Crippen LogP contribution in [0.5, 0.6) is 5.75 Å².